The van der Waals surface area contributed by atoms with Gasteiger partial charge in [0.25, 0.3) is 0 Å². The Morgan fingerprint density at radius 1 is 0.464 bits per heavy atom. The molecule has 0 aromatic rings. The molecule has 3 heterocycles. The fourth-order valence-corrected chi connectivity index (χ4v) is 9.77. The van der Waals surface area contributed by atoms with Gasteiger partial charge >= 0.3 is 0 Å². The first-order chi connectivity index (χ1) is 12.9. The third-order valence-corrected chi connectivity index (χ3v) is 9.48. The van der Waals surface area contributed by atoms with E-state index >= 15 is 0 Å². The van der Waals surface area contributed by atoms with Crippen LogP contribution in [0.15, 0.2) is 0 Å². The highest BCUT2D eigenvalue weighted by atomic mass is 15.8. The maximum Gasteiger partial charge on any atom is 0.0334 e. The van der Waals surface area contributed by atoms with E-state index in [1.807, 2.05) is 0 Å². The van der Waals surface area contributed by atoms with Crippen LogP contribution in [0.1, 0.15) is 69.2 Å². The van der Waals surface area contributed by atoms with Crippen molar-refractivity contribution in [3.05, 3.63) is 0 Å². The SMILES string of the molecule is CC(C)N1[C@H]2C3C4C5C3[C@@H]3[C@H]2[C@H]([C@@H]4N1C(C)(C)C)[C@H]5N(C(C)C)N3C(C)(C)C. The van der Waals surface area contributed by atoms with Crippen molar-refractivity contribution in [1.29, 1.82) is 0 Å². The number of hydrogen-bond acceptors (Lipinski definition) is 4. The largest absolute Gasteiger partial charge is 0.235 e. The molecule has 3 aliphatic heterocycles. The molecule has 0 N–H and O–H groups in total. The molecule has 158 valence electrons. The van der Waals surface area contributed by atoms with Crippen LogP contribution in [0.5, 0.6) is 0 Å². The summed E-state index contributed by atoms with van der Waals surface area (Å²) in [6.07, 6.45) is 0. The van der Waals surface area contributed by atoms with Gasteiger partial charge in [-0.2, -0.15) is 0 Å². The summed E-state index contributed by atoms with van der Waals surface area (Å²) in [4.78, 5) is 0. The van der Waals surface area contributed by atoms with Crippen LogP contribution in [0.2, 0.25) is 0 Å². The molecule has 3 aliphatic carbocycles. The summed E-state index contributed by atoms with van der Waals surface area (Å²) in [6.45, 7) is 24.5. The molecule has 6 fully saturated rings. The van der Waals surface area contributed by atoms with Gasteiger partial charge in [-0.05, 0) is 105 Å². The Labute approximate surface area is 172 Å². The summed E-state index contributed by atoms with van der Waals surface area (Å²) in [6, 6.07) is 4.35. The summed E-state index contributed by atoms with van der Waals surface area (Å²) in [5.74, 6) is 5.62. The number of rotatable bonds is 2. The monoisotopic (exact) mass is 386 g/mol. The first-order valence-electron chi connectivity index (χ1n) is 12.0. The van der Waals surface area contributed by atoms with Gasteiger partial charge < -0.3 is 0 Å². The number of hydrogen-bond donors (Lipinski definition) is 0. The first-order valence-corrected chi connectivity index (χ1v) is 12.0. The van der Waals surface area contributed by atoms with Crippen LogP contribution in [-0.2, 0) is 0 Å². The van der Waals surface area contributed by atoms with Crippen LogP contribution < -0.4 is 0 Å². The quantitative estimate of drug-likeness (QED) is 0.717. The maximum absolute atomic E-state index is 2.90. The van der Waals surface area contributed by atoms with Crippen molar-refractivity contribution in [1.82, 2.24) is 20.0 Å². The van der Waals surface area contributed by atoms with E-state index in [1.165, 1.54) is 0 Å². The lowest BCUT2D eigenvalue weighted by Crippen LogP contribution is -2.79. The fraction of sp³-hybridized carbons (Fsp3) is 1.00. The highest BCUT2D eigenvalue weighted by Gasteiger charge is 2.88. The summed E-state index contributed by atoms with van der Waals surface area (Å²) < 4.78 is 0. The van der Waals surface area contributed by atoms with Gasteiger partial charge in [0.1, 0.15) is 0 Å². The van der Waals surface area contributed by atoms with Gasteiger partial charge in [0.15, 0.2) is 0 Å². The van der Waals surface area contributed by atoms with Crippen molar-refractivity contribution >= 4 is 0 Å². The van der Waals surface area contributed by atoms with Crippen LogP contribution in [0.25, 0.3) is 0 Å². The van der Waals surface area contributed by atoms with Crippen molar-refractivity contribution in [3.63, 3.8) is 0 Å². The van der Waals surface area contributed by atoms with E-state index < -0.39 is 0 Å². The molecule has 6 atom stereocenters. The minimum Gasteiger partial charge on any atom is -0.235 e. The van der Waals surface area contributed by atoms with Crippen molar-refractivity contribution in [2.75, 3.05) is 0 Å². The van der Waals surface area contributed by atoms with E-state index in [0.29, 0.717) is 12.1 Å². The van der Waals surface area contributed by atoms with E-state index in [9.17, 15) is 0 Å². The molecule has 4 heteroatoms. The maximum atomic E-state index is 2.90. The molecule has 0 aromatic heterocycles. The third-order valence-electron chi connectivity index (χ3n) is 9.48. The molecule has 3 saturated heterocycles. The summed E-state index contributed by atoms with van der Waals surface area (Å²) in [5, 5.41) is 11.6. The van der Waals surface area contributed by atoms with E-state index in [0.717, 1.165) is 59.7 Å². The van der Waals surface area contributed by atoms with Gasteiger partial charge in [-0.25, -0.2) is 20.0 Å². The Hall–Kier alpha value is -0.160. The average Bonchev–Trinajstić information content (AvgIpc) is 2.86. The molecule has 4 nitrogen and oxygen atoms in total. The Balaban J connectivity index is 1.52. The Kier molecular flexibility index (Phi) is 3.32. The van der Waals surface area contributed by atoms with Gasteiger partial charge in [0, 0.05) is 47.3 Å². The highest BCUT2D eigenvalue weighted by Crippen LogP contribution is 2.81. The smallest absolute Gasteiger partial charge is 0.0334 e. The zero-order valence-electron chi connectivity index (χ0n) is 19.7. The Morgan fingerprint density at radius 2 is 0.750 bits per heavy atom. The molecule has 0 unspecified atom stereocenters. The van der Waals surface area contributed by atoms with Gasteiger partial charge in [-0.15, -0.1) is 0 Å². The van der Waals surface area contributed by atoms with Crippen molar-refractivity contribution < 1.29 is 0 Å². The topological polar surface area (TPSA) is 13.0 Å². The van der Waals surface area contributed by atoms with Crippen LogP contribution in [0, 0.1) is 35.5 Å². The van der Waals surface area contributed by atoms with Gasteiger partial charge in [-0.1, -0.05) is 0 Å². The van der Waals surface area contributed by atoms with Gasteiger partial charge in [-0.3, -0.25) is 0 Å². The van der Waals surface area contributed by atoms with Gasteiger partial charge in [0.2, 0.25) is 0 Å². The lowest BCUT2D eigenvalue weighted by Gasteiger charge is -2.68. The lowest BCUT2D eigenvalue weighted by atomic mass is 9.54. The van der Waals surface area contributed by atoms with Crippen LogP contribution >= 0.6 is 0 Å². The molecular weight excluding hydrogens is 344 g/mol. The second-order valence-electron chi connectivity index (χ2n) is 13.4. The summed E-state index contributed by atoms with van der Waals surface area (Å²) in [7, 11) is 0. The third kappa shape index (κ3) is 1.74. The standard InChI is InChI=1S/C24H42N4/c1-11(2)25-19-13-15-14-16(13)22-17(19)18(21(15)27(25)23(5,6)7)20(14)26(12(3)4)28(22)24(8,9)10/h11-22H,1-10H3/t13?,14?,15?,16?,17-,18-,19-,20-,21+,22+/m0/s1. The van der Waals surface area contributed by atoms with Crippen LogP contribution in [0.3, 0.4) is 0 Å². The van der Waals surface area contributed by atoms with Crippen LogP contribution in [-0.4, -0.2) is 67.4 Å². The summed E-state index contributed by atoms with van der Waals surface area (Å²) >= 11 is 0. The second kappa shape index (κ2) is 5.00. The molecule has 28 heavy (non-hydrogen) atoms. The number of fused-ring (bicyclic) bond motifs is 4. The van der Waals surface area contributed by atoms with Crippen molar-refractivity contribution in [2.45, 2.75) is 117 Å². The summed E-state index contributed by atoms with van der Waals surface area (Å²) in [5.41, 5.74) is 0.439. The molecule has 0 spiro atoms. The molecule has 6 rings (SSSR count). The minimum atomic E-state index is 0.220. The first kappa shape index (κ1) is 18.6. The normalized spacial score (nSPS) is 52.7. The average molecular weight is 387 g/mol. The zero-order chi connectivity index (χ0) is 20.2. The molecule has 2 bridgehead atoms. The van der Waals surface area contributed by atoms with E-state index in [1.54, 1.807) is 0 Å². The Morgan fingerprint density at radius 3 is 1.00 bits per heavy atom. The Bertz CT molecular complexity index is 634. The highest BCUT2D eigenvalue weighted by molar-refractivity contribution is 5.37. The molecule has 0 radical (unpaired) electrons. The molecular formula is C24H42N4. The lowest BCUT2D eigenvalue weighted by molar-refractivity contribution is -0.296. The van der Waals surface area contributed by atoms with Gasteiger partial charge in [0.05, 0.1) is 0 Å². The van der Waals surface area contributed by atoms with Crippen molar-refractivity contribution in [2.24, 2.45) is 35.5 Å². The van der Waals surface area contributed by atoms with Crippen molar-refractivity contribution in [3.8, 4) is 0 Å². The molecule has 0 aromatic carbocycles. The molecule has 6 aliphatic rings. The predicted molar refractivity (Wildman–Crippen MR) is 113 cm³/mol. The molecule has 3 saturated carbocycles. The molecule has 0 amide bonds. The number of hydrazine groups is 2. The van der Waals surface area contributed by atoms with E-state index in [4.69, 9.17) is 0 Å². The number of nitrogens with zero attached hydrogens (tertiary/aromatic N) is 4. The second-order valence-corrected chi connectivity index (χ2v) is 13.4. The predicted octanol–water partition coefficient (Wildman–Crippen LogP) is 3.69. The minimum absolute atomic E-state index is 0.220. The van der Waals surface area contributed by atoms with E-state index in [2.05, 4.69) is 89.3 Å². The van der Waals surface area contributed by atoms with E-state index in [-0.39, 0.29) is 11.1 Å². The van der Waals surface area contributed by atoms with Crippen LogP contribution in [0.4, 0.5) is 0 Å². The fourth-order valence-electron chi connectivity index (χ4n) is 9.77. The zero-order valence-corrected chi connectivity index (χ0v) is 19.7.